The number of rotatable bonds is 7. The van der Waals surface area contributed by atoms with E-state index in [9.17, 15) is 0 Å². The smallest absolute Gasteiger partial charge is 0.164 e. The molecule has 0 unspecified atom stereocenters. The molecule has 0 N–H and O–H groups in total. The van der Waals surface area contributed by atoms with Crippen LogP contribution in [0.3, 0.4) is 0 Å². The third-order valence-corrected chi connectivity index (χ3v) is 12.0. The second-order valence-corrected chi connectivity index (χ2v) is 15.9. The highest BCUT2D eigenvalue weighted by molar-refractivity contribution is 6.20. The Bertz CT molecular complexity index is 3600. The summed E-state index contributed by atoms with van der Waals surface area (Å²) >= 11 is 0. The summed E-state index contributed by atoms with van der Waals surface area (Å²) in [6, 6.07) is 78.9. The number of para-hydroxylation sites is 2. The summed E-state index contributed by atoms with van der Waals surface area (Å²) in [6.45, 7) is 0. The molecular weight excluding hydrogens is 767 g/mol. The second kappa shape index (κ2) is 15.2. The molecule has 0 radical (unpaired) electrons. The Morgan fingerprint density at radius 1 is 0.254 bits per heavy atom. The average molecular weight is 804 g/mol. The standard InChI is InChI=1S/C58H37N5/c1-5-17-38(18-6-1)55-51-36-50-48-32-31-44(35-53(48)63(46-27-11-4-12-28-46)54(50)37-49(51)47-29-13-14-30-52(47)59-55)42-24-15-23-41(33-42)43-25-16-26-45(34-43)58-61-56(39-19-7-2-8-20-39)60-57(62-58)40-21-9-3-10-22-40/h1-37H. The molecule has 0 fully saturated rings. The number of hydrogen-bond donors (Lipinski definition) is 0. The Hall–Kier alpha value is -8.54. The lowest BCUT2D eigenvalue weighted by Gasteiger charge is -2.12. The molecule has 0 spiro atoms. The molecule has 0 aliphatic rings. The van der Waals surface area contributed by atoms with Gasteiger partial charge in [0.15, 0.2) is 17.5 Å². The van der Waals surface area contributed by atoms with Crippen LogP contribution in [-0.4, -0.2) is 24.5 Å². The first-order valence-electron chi connectivity index (χ1n) is 21.2. The zero-order chi connectivity index (χ0) is 41.7. The monoisotopic (exact) mass is 803 g/mol. The third-order valence-electron chi connectivity index (χ3n) is 12.0. The van der Waals surface area contributed by atoms with E-state index in [0.717, 1.165) is 83.2 Å². The van der Waals surface area contributed by atoms with E-state index in [4.69, 9.17) is 19.9 Å². The molecule has 0 aliphatic carbocycles. The van der Waals surface area contributed by atoms with Crippen LogP contribution in [0.2, 0.25) is 0 Å². The van der Waals surface area contributed by atoms with E-state index in [2.05, 4.69) is 168 Å². The van der Waals surface area contributed by atoms with Crippen LogP contribution in [0.15, 0.2) is 224 Å². The fourth-order valence-electron chi connectivity index (χ4n) is 8.97. The van der Waals surface area contributed by atoms with Crippen molar-refractivity contribution in [3.8, 4) is 73.4 Å². The highest BCUT2D eigenvalue weighted by Gasteiger charge is 2.19. The van der Waals surface area contributed by atoms with Crippen LogP contribution in [0.4, 0.5) is 0 Å². The number of aromatic nitrogens is 5. The third kappa shape index (κ3) is 6.51. The van der Waals surface area contributed by atoms with E-state index in [1.807, 2.05) is 60.7 Å². The molecule has 5 nitrogen and oxygen atoms in total. The molecule has 294 valence electrons. The van der Waals surface area contributed by atoms with E-state index < -0.39 is 0 Å². The van der Waals surface area contributed by atoms with E-state index in [-0.39, 0.29) is 0 Å². The topological polar surface area (TPSA) is 56.5 Å². The van der Waals surface area contributed by atoms with Crippen molar-refractivity contribution in [3.63, 3.8) is 0 Å². The number of fused-ring (bicyclic) bond motifs is 6. The van der Waals surface area contributed by atoms with Gasteiger partial charge in [0, 0.05) is 49.5 Å². The molecule has 0 saturated heterocycles. The maximum absolute atomic E-state index is 5.25. The molecular formula is C58H37N5. The minimum Gasteiger partial charge on any atom is -0.309 e. The number of benzene rings is 9. The van der Waals surface area contributed by atoms with Crippen LogP contribution >= 0.6 is 0 Å². The molecule has 12 rings (SSSR count). The lowest BCUT2D eigenvalue weighted by Crippen LogP contribution is -2.00. The highest BCUT2D eigenvalue weighted by atomic mass is 15.0. The maximum atomic E-state index is 5.25. The quantitative estimate of drug-likeness (QED) is 0.151. The van der Waals surface area contributed by atoms with Crippen LogP contribution in [0, 0.1) is 0 Å². The summed E-state index contributed by atoms with van der Waals surface area (Å²) in [5.74, 6) is 1.92. The van der Waals surface area contributed by atoms with Crippen molar-refractivity contribution < 1.29 is 0 Å². The molecule has 12 aromatic rings. The van der Waals surface area contributed by atoms with Crippen LogP contribution in [0.25, 0.3) is 117 Å². The highest BCUT2D eigenvalue weighted by Crippen LogP contribution is 2.41. The molecule has 0 atom stereocenters. The molecule has 0 bridgehead atoms. The normalized spacial score (nSPS) is 11.5. The molecule has 5 heteroatoms. The minimum atomic E-state index is 0.632. The fourth-order valence-corrected chi connectivity index (χ4v) is 8.97. The van der Waals surface area contributed by atoms with Crippen molar-refractivity contribution in [1.82, 2.24) is 24.5 Å². The van der Waals surface area contributed by atoms with Crippen molar-refractivity contribution in [3.05, 3.63) is 224 Å². The first-order valence-corrected chi connectivity index (χ1v) is 21.2. The van der Waals surface area contributed by atoms with Gasteiger partial charge in [-0.1, -0.05) is 176 Å². The van der Waals surface area contributed by atoms with Gasteiger partial charge in [0.1, 0.15) is 0 Å². The zero-order valence-electron chi connectivity index (χ0n) is 34.1. The molecule has 0 amide bonds. The van der Waals surface area contributed by atoms with Crippen LogP contribution in [0.1, 0.15) is 0 Å². The molecule has 3 aromatic heterocycles. The summed E-state index contributed by atoms with van der Waals surface area (Å²) in [6.07, 6.45) is 0. The van der Waals surface area contributed by atoms with Gasteiger partial charge in [-0.2, -0.15) is 0 Å². The summed E-state index contributed by atoms with van der Waals surface area (Å²) in [5.41, 5.74) is 13.8. The first kappa shape index (κ1) is 36.3. The van der Waals surface area contributed by atoms with Crippen molar-refractivity contribution >= 4 is 43.5 Å². The predicted octanol–water partition coefficient (Wildman–Crippen LogP) is 14.7. The Labute approximate surface area is 364 Å². The Morgan fingerprint density at radius 2 is 0.730 bits per heavy atom. The van der Waals surface area contributed by atoms with Gasteiger partial charge in [-0.25, -0.2) is 19.9 Å². The fraction of sp³-hybridized carbons (Fsp3) is 0. The van der Waals surface area contributed by atoms with Gasteiger partial charge < -0.3 is 4.57 Å². The van der Waals surface area contributed by atoms with Crippen molar-refractivity contribution in [2.24, 2.45) is 0 Å². The van der Waals surface area contributed by atoms with Gasteiger partial charge >= 0.3 is 0 Å². The Morgan fingerprint density at radius 3 is 1.37 bits per heavy atom. The minimum absolute atomic E-state index is 0.632. The second-order valence-electron chi connectivity index (χ2n) is 15.9. The number of nitrogens with zero attached hydrogens (tertiary/aromatic N) is 5. The largest absolute Gasteiger partial charge is 0.309 e. The molecule has 0 saturated carbocycles. The van der Waals surface area contributed by atoms with Crippen molar-refractivity contribution in [2.75, 3.05) is 0 Å². The lowest BCUT2D eigenvalue weighted by molar-refractivity contribution is 1.07. The van der Waals surface area contributed by atoms with Gasteiger partial charge in [0.05, 0.1) is 22.2 Å². The van der Waals surface area contributed by atoms with E-state index >= 15 is 0 Å². The molecule has 3 heterocycles. The molecule has 0 aliphatic heterocycles. The van der Waals surface area contributed by atoms with Crippen LogP contribution in [-0.2, 0) is 0 Å². The van der Waals surface area contributed by atoms with Crippen molar-refractivity contribution in [2.45, 2.75) is 0 Å². The molecule has 9 aromatic carbocycles. The summed E-state index contributed by atoms with van der Waals surface area (Å²) in [4.78, 5) is 20.2. The van der Waals surface area contributed by atoms with Gasteiger partial charge in [0.2, 0.25) is 0 Å². The average Bonchev–Trinajstić information content (AvgIpc) is 3.69. The van der Waals surface area contributed by atoms with Gasteiger partial charge in [-0.3, -0.25) is 0 Å². The molecule has 63 heavy (non-hydrogen) atoms. The predicted molar refractivity (Wildman–Crippen MR) is 260 cm³/mol. The Balaban J connectivity index is 0.997. The first-order chi connectivity index (χ1) is 31.2. The summed E-state index contributed by atoms with van der Waals surface area (Å²) in [5, 5.41) is 5.86. The van der Waals surface area contributed by atoms with Gasteiger partial charge in [0.25, 0.3) is 0 Å². The SMILES string of the molecule is c1ccc(-c2nc(-c3ccccc3)nc(-c3cccc(-c4cccc(-c5ccc6c7cc8c(-c9ccccc9)nc9ccccc9c8cc7n(-c7ccccc7)c6c5)c4)c3)n2)cc1. The van der Waals surface area contributed by atoms with Crippen molar-refractivity contribution in [1.29, 1.82) is 0 Å². The summed E-state index contributed by atoms with van der Waals surface area (Å²) in [7, 11) is 0. The lowest BCUT2D eigenvalue weighted by atomic mass is 9.96. The summed E-state index contributed by atoms with van der Waals surface area (Å²) < 4.78 is 2.42. The number of hydrogen-bond acceptors (Lipinski definition) is 4. The van der Waals surface area contributed by atoms with Crippen LogP contribution in [0.5, 0.6) is 0 Å². The number of pyridine rings is 1. The van der Waals surface area contributed by atoms with Gasteiger partial charge in [-0.15, -0.1) is 0 Å². The van der Waals surface area contributed by atoms with Crippen LogP contribution < -0.4 is 0 Å². The Kier molecular flexibility index (Phi) is 8.75. The van der Waals surface area contributed by atoms with E-state index in [1.165, 1.54) is 16.2 Å². The maximum Gasteiger partial charge on any atom is 0.164 e. The zero-order valence-corrected chi connectivity index (χ0v) is 34.1. The van der Waals surface area contributed by atoms with E-state index in [1.54, 1.807) is 0 Å². The van der Waals surface area contributed by atoms with E-state index in [0.29, 0.717) is 17.5 Å². The van der Waals surface area contributed by atoms with Gasteiger partial charge in [-0.05, 0) is 76.2 Å².